The molecule has 0 atom stereocenters. The average molecular weight is 568 g/mol. The molecule has 0 saturated carbocycles. The van der Waals surface area contributed by atoms with Crippen LogP contribution in [-0.4, -0.2) is 16.4 Å². The second-order valence-electron chi connectivity index (χ2n) is 6.54. The number of benzene rings is 2. The van der Waals surface area contributed by atoms with E-state index in [1.807, 2.05) is 28.1 Å². The fourth-order valence-electron chi connectivity index (χ4n) is 2.25. The molecule has 0 N–H and O–H groups in total. The van der Waals surface area contributed by atoms with Crippen LogP contribution in [0, 0.1) is 13.6 Å². The van der Waals surface area contributed by atoms with Gasteiger partial charge in [-0.1, -0.05) is 48.0 Å². The van der Waals surface area contributed by atoms with Gasteiger partial charge in [-0.15, -0.1) is 0 Å². The van der Waals surface area contributed by atoms with Gasteiger partial charge in [-0.2, -0.15) is 5.10 Å². The van der Waals surface area contributed by atoms with Crippen LogP contribution in [0.25, 0.3) is 0 Å². The van der Waals surface area contributed by atoms with Crippen molar-refractivity contribution >= 4 is 24.5 Å². The minimum absolute atomic E-state index is 0.112. The molecule has 3 nitrogen and oxygen atoms in total. The molecule has 1 heterocycles. The first kappa shape index (κ1) is 19.3. The zero-order chi connectivity index (χ0) is 17.7. The molecule has 24 heavy (non-hydrogen) atoms. The van der Waals surface area contributed by atoms with Gasteiger partial charge in [-0.3, -0.25) is 9.91 Å². The molecule has 0 amide bonds. The van der Waals surface area contributed by atoms with Gasteiger partial charge in [0.1, 0.15) is 0 Å². The summed E-state index contributed by atoms with van der Waals surface area (Å²) in [6.45, 7) is 11.9. The number of aryl methyl sites for hydroxylation is 1. The van der Waals surface area contributed by atoms with E-state index in [1.54, 1.807) is 0 Å². The Balaban J connectivity index is 0.00000100. The first-order valence-electron chi connectivity index (χ1n) is 7.64. The van der Waals surface area contributed by atoms with Crippen LogP contribution < -0.4 is 4.90 Å². The molecule has 1 aliphatic heterocycles. The number of hydrazone groups is 1. The molecule has 0 spiro atoms. The summed E-state index contributed by atoms with van der Waals surface area (Å²) in [6, 6.07) is 18.7. The summed E-state index contributed by atoms with van der Waals surface area (Å²) in [5, 5.41) is 6.67. The van der Waals surface area contributed by atoms with Crippen molar-refractivity contribution in [2.24, 2.45) is 5.10 Å². The number of halogens is 1. The van der Waals surface area contributed by atoms with Crippen molar-refractivity contribution in [1.29, 1.82) is 0 Å². The maximum absolute atomic E-state index is 4.77. The van der Waals surface area contributed by atoms with Crippen LogP contribution in [0.5, 0.6) is 0 Å². The SMILES string of the molecule is Cc1ccc(N2[C]N(C(C)(C)C)N=C2c2ccccc2)cc1.[Br][Au]. The van der Waals surface area contributed by atoms with Crippen LogP contribution in [-0.2, 0) is 18.9 Å². The normalized spacial score (nSPS) is 14.2. The van der Waals surface area contributed by atoms with Gasteiger partial charge in [-0.05, 0) is 39.8 Å². The molecule has 5 heteroatoms. The number of hydrogen-bond acceptors (Lipinski definition) is 3. The summed E-state index contributed by atoms with van der Waals surface area (Å²) in [4.78, 5) is 2.03. The Morgan fingerprint density at radius 1 is 0.958 bits per heavy atom. The van der Waals surface area contributed by atoms with Gasteiger partial charge >= 0.3 is 32.0 Å². The standard InChI is InChI=1S/C19H21N3.Au.BrH/c1-15-10-12-17(13-11-15)21-14-22(19(2,3)4)20-18(21)16-8-6-5-7-9-16;;/h5-13H,1-4H3;;1H/q;+1;/p-1. The van der Waals surface area contributed by atoms with Gasteiger partial charge in [-0.25, -0.2) is 0 Å². The Kier molecular flexibility index (Phi) is 6.70. The van der Waals surface area contributed by atoms with Crippen LogP contribution in [0.1, 0.15) is 31.9 Å². The summed E-state index contributed by atoms with van der Waals surface area (Å²) in [5.41, 5.74) is 3.29. The first-order chi connectivity index (χ1) is 11.4. The Bertz CT molecular complexity index is 678. The van der Waals surface area contributed by atoms with Crippen molar-refractivity contribution in [2.45, 2.75) is 33.2 Å². The Morgan fingerprint density at radius 2 is 1.54 bits per heavy atom. The number of anilines is 1. The van der Waals surface area contributed by atoms with Crippen LogP contribution in [0.4, 0.5) is 5.69 Å². The van der Waals surface area contributed by atoms with Gasteiger partial charge in [0, 0.05) is 11.3 Å². The molecule has 0 aliphatic carbocycles. The van der Waals surface area contributed by atoms with Gasteiger partial charge in [0.05, 0.1) is 5.54 Å². The molecule has 0 fully saturated rings. The van der Waals surface area contributed by atoms with E-state index in [0.717, 1.165) is 17.1 Å². The zero-order valence-corrected chi connectivity index (χ0v) is 18.0. The average Bonchev–Trinajstić information content (AvgIpc) is 3.04. The topological polar surface area (TPSA) is 18.8 Å². The van der Waals surface area contributed by atoms with E-state index in [9.17, 15) is 0 Å². The second-order valence-corrected chi connectivity index (χ2v) is 6.54. The maximum atomic E-state index is 4.77. The van der Waals surface area contributed by atoms with Crippen molar-refractivity contribution in [2.75, 3.05) is 4.90 Å². The Hall–Kier alpha value is -1.07. The first-order valence-corrected chi connectivity index (χ1v) is 12.4. The van der Waals surface area contributed by atoms with E-state index in [2.05, 4.69) is 103 Å². The van der Waals surface area contributed by atoms with Gasteiger partial charge in [0.15, 0.2) is 5.84 Å². The van der Waals surface area contributed by atoms with Crippen molar-refractivity contribution in [3.63, 3.8) is 0 Å². The predicted molar refractivity (Wildman–Crippen MR) is 100 cm³/mol. The summed E-state index contributed by atoms with van der Waals surface area (Å²) >= 11 is 4.97. The third-order valence-corrected chi connectivity index (χ3v) is 3.56. The monoisotopic (exact) mass is 567 g/mol. The van der Waals surface area contributed by atoms with Crippen LogP contribution >= 0.6 is 13.0 Å². The van der Waals surface area contributed by atoms with E-state index in [-0.39, 0.29) is 5.54 Å². The second kappa shape index (κ2) is 8.34. The molecule has 0 aromatic heterocycles. The van der Waals surface area contributed by atoms with E-state index in [4.69, 9.17) is 5.10 Å². The minimum atomic E-state index is -0.112. The number of amidine groups is 1. The number of rotatable bonds is 2. The van der Waals surface area contributed by atoms with E-state index in [0.29, 0.717) is 0 Å². The van der Waals surface area contributed by atoms with Crippen molar-refractivity contribution in [3.8, 4) is 0 Å². The molecule has 0 bridgehead atoms. The van der Waals surface area contributed by atoms with Crippen LogP contribution in [0.15, 0.2) is 59.7 Å². The van der Waals surface area contributed by atoms with Gasteiger partial charge < -0.3 is 0 Å². The molecule has 2 aromatic rings. The van der Waals surface area contributed by atoms with E-state index in [1.165, 1.54) is 5.56 Å². The molecular formula is C19H21AuBrN3. The van der Waals surface area contributed by atoms with E-state index < -0.39 is 0 Å². The number of nitrogens with zero attached hydrogens (tertiary/aromatic N) is 3. The molecular weight excluding hydrogens is 547 g/mol. The van der Waals surface area contributed by atoms with Crippen molar-refractivity contribution in [1.82, 2.24) is 5.01 Å². The fraction of sp³-hybridized carbons (Fsp3) is 0.263. The molecule has 3 rings (SSSR count). The van der Waals surface area contributed by atoms with Crippen LogP contribution in [0.3, 0.4) is 0 Å². The van der Waals surface area contributed by atoms with Crippen LogP contribution in [0.2, 0.25) is 0 Å². The predicted octanol–water partition coefficient (Wildman–Crippen LogP) is 5.12. The van der Waals surface area contributed by atoms with Gasteiger partial charge in [0.25, 0.3) is 0 Å². The summed E-state index contributed by atoms with van der Waals surface area (Å²) in [6.07, 6.45) is 0. The molecule has 1 aliphatic rings. The molecule has 130 valence electrons. The zero-order valence-electron chi connectivity index (χ0n) is 14.2. The summed E-state index contributed by atoms with van der Waals surface area (Å²) in [5.74, 6) is 0.902. The van der Waals surface area contributed by atoms with Crippen molar-refractivity contribution < 1.29 is 18.9 Å². The summed E-state index contributed by atoms with van der Waals surface area (Å²) < 4.78 is 0. The fourth-order valence-corrected chi connectivity index (χ4v) is 2.25. The van der Waals surface area contributed by atoms with E-state index >= 15 is 0 Å². The Labute approximate surface area is 163 Å². The third-order valence-electron chi connectivity index (χ3n) is 3.56. The molecule has 2 radical (unpaired) electrons. The van der Waals surface area contributed by atoms with Crippen molar-refractivity contribution in [3.05, 3.63) is 72.4 Å². The molecule has 0 saturated heterocycles. The summed E-state index contributed by atoms with van der Waals surface area (Å²) in [7, 11) is 0. The molecule has 0 unspecified atom stereocenters. The Morgan fingerprint density at radius 3 is 2.08 bits per heavy atom. The number of hydrogen-bond donors (Lipinski definition) is 0. The third kappa shape index (κ3) is 4.51. The quantitative estimate of drug-likeness (QED) is 0.469. The molecule has 2 aromatic carbocycles. The van der Waals surface area contributed by atoms with Gasteiger partial charge in [0.2, 0.25) is 6.67 Å².